The third-order valence-electron chi connectivity index (χ3n) is 13.6. The number of esters is 3. The molecular formula is C64H116O6. The Hall–Kier alpha value is -2.63. The normalized spacial score (nSPS) is 12.3. The van der Waals surface area contributed by atoms with Crippen LogP contribution >= 0.6 is 0 Å². The van der Waals surface area contributed by atoms with E-state index in [-0.39, 0.29) is 31.1 Å². The molecule has 0 bridgehead atoms. The minimum atomic E-state index is -0.783. The van der Waals surface area contributed by atoms with Crippen molar-refractivity contribution in [1.82, 2.24) is 0 Å². The monoisotopic (exact) mass is 981 g/mol. The molecule has 0 radical (unpaired) electrons. The molecular weight excluding hydrogens is 865 g/mol. The van der Waals surface area contributed by atoms with Gasteiger partial charge in [0.15, 0.2) is 6.10 Å². The Morgan fingerprint density at radius 3 is 0.829 bits per heavy atom. The zero-order chi connectivity index (χ0) is 50.7. The summed E-state index contributed by atoms with van der Waals surface area (Å²) in [6.45, 7) is 6.64. The minimum Gasteiger partial charge on any atom is -0.462 e. The van der Waals surface area contributed by atoms with Crippen molar-refractivity contribution in [3.63, 3.8) is 0 Å². The van der Waals surface area contributed by atoms with E-state index in [4.69, 9.17) is 14.2 Å². The fourth-order valence-electron chi connectivity index (χ4n) is 8.96. The summed E-state index contributed by atoms with van der Waals surface area (Å²) in [4.78, 5) is 38.2. The molecule has 1 atom stereocenters. The quantitative estimate of drug-likeness (QED) is 0.0261. The average molecular weight is 982 g/mol. The SMILES string of the molecule is CCCCC/C=C\C/C=C\C/C=C\C/C=C\CCCCCC(=O)OC[C@@H](COC(=O)CCCCCCCCCCCCCCCCC)OC(=O)CCCCCCCCCCCCCCCCCCCC. The number of hydrogen-bond acceptors (Lipinski definition) is 6. The highest BCUT2D eigenvalue weighted by atomic mass is 16.6. The molecule has 0 amide bonds. The van der Waals surface area contributed by atoms with Gasteiger partial charge in [0.2, 0.25) is 0 Å². The molecule has 70 heavy (non-hydrogen) atoms. The first-order chi connectivity index (χ1) is 34.5. The topological polar surface area (TPSA) is 78.9 Å². The van der Waals surface area contributed by atoms with Gasteiger partial charge in [0.25, 0.3) is 0 Å². The van der Waals surface area contributed by atoms with E-state index in [1.807, 2.05) is 0 Å². The molecule has 0 saturated heterocycles. The lowest BCUT2D eigenvalue weighted by Gasteiger charge is -2.18. The maximum atomic E-state index is 12.9. The highest BCUT2D eigenvalue weighted by Gasteiger charge is 2.19. The van der Waals surface area contributed by atoms with Crippen molar-refractivity contribution in [2.75, 3.05) is 13.2 Å². The van der Waals surface area contributed by atoms with Crippen molar-refractivity contribution in [1.29, 1.82) is 0 Å². The van der Waals surface area contributed by atoms with E-state index < -0.39 is 6.10 Å². The van der Waals surface area contributed by atoms with Crippen LogP contribution in [0.5, 0.6) is 0 Å². The van der Waals surface area contributed by atoms with Gasteiger partial charge in [-0.3, -0.25) is 14.4 Å². The molecule has 0 saturated carbocycles. The molecule has 0 aromatic heterocycles. The third-order valence-corrected chi connectivity index (χ3v) is 13.6. The molecule has 408 valence electrons. The lowest BCUT2D eigenvalue weighted by Crippen LogP contribution is -2.30. The maximum absolute atomic E-state index is 12.9. The largest absolute Gasteiger partial charge is 0.462 e. The fourth-order valence-corrected chi connectivity index (χ4v) is 8.96. The summed E-state index contributed by atoms with van der Waals surface area (Å²) in [6.07, 6.45) is 72.5. The van der Waals surface area contributed by atoms with Crippen molar-refractivity contribution in [3.8, 4) is 0 Å². The van der Waals surface area contributed by atoms with E-state index in [1.165, 1.54) is 199 Å². The Morgan fingerprint density at radius 1 is 0.286 bits per heavy atom. The Kier molecular flexibility index (Phi) is 56.7. The molecule has 0 aliphatic rings. The number of rotatable bonds is 56. The highest BCUT2D eigenvalue weighted by molar-refractivity contribution is 5.71. The summed E-state index contributed by atoms with van der Waals surface area (Å²) in [6, 6.07) is 0. The lowest BCUT2D eigenvalue weighted by atomic mass is 10.0. The van der Waals surface area contributed by atoms with Gasteiger partial charge >= 0.3 is 17.9 Å². The van der Waals surface area contributed by atoms with Crippen LogP contribution in [0.1, 0.15) is 323 Å². The molecule has 0 fully saturated rings. The van der Waals surface area contributed by atoms with E-state index in [9.17, 15) is 14.4 Å². The number of carbonyl (C=O) groups excluding carboxylic acids is 3. The van der Waals surface area contributed by atoms with Crippen LogP contribution in [-0.4, -0.2) is 37.2 Å². The molecule has 0 rings (SSSR count). The van der Waals surface area contributed by atoms with Gasteiger partial charge in [-0.05, 0) is 64.2 Å². The summed E-state index contributed by atoms with van der Waals surface area (Å²) in [5.74, 6) is -0.890. The van der Waals surface area contributed by atoms with E-state index in [0.29, 0.717) is 19.3 Å². The van der Waals surface area contributed by atoms with Gasteiger partial charge in [-0.15, -0.1) is 0 Å². The Morgan fingerprint density at radius 2 is 0.514 bits per heavy atom. The summed E-state index contributed by atoms with van der Waals surface area (Å²) in [5, 5.41) is 0. The summed E-state index contributed by atoms with van der Waals surface area (Å²) >= 11 is 0. The molecule has 0 N–H and O–H groups in total. The van der Waals surface area contributed by atoms with Crippen molar-refractivity contribution in [3.05, 3.63) is 48.6 Å². The molecule has 0 unspecified atom stereocenters. The first-order valence-corrected chi connectivity index (χ1v) is 30.6. The predicted molar refractivity (Wildman–Crippen MR) is 302 cm³/mol. The molecule has 0 aliphatic heterocycles. The number of allylic oxidation sites excluding steroid dienone is 8. The Labute approximate surface area is 435 Å². The standard InChI is InChI=1S/C64H116O6/c1-4-7-10-13-16-19-22-25-28-30-32-34-36-39-42-45-48-51-54-57-63(66)69-60-61(59-68-62(65)56-53-50-47-44-41-38-35-27-24-21-18-15-12-9-6-3)70-64(67)58-55-52-49-46-43-40-37-33-31-29-26-23-20-17-14-11-8-5-2/h16,19,25,28,32,34,39,42,61H,4-15,17-18,20-24,26-27,29-31,33,35-38,40-41,43-60H2,1-3H3/b19-16-,28-25-,34-32-,42-39-/t61-/m1/s1. The van der Waals surface area contributed by atoms with Gasteiger partial charge in [0, 0.05) is 19.3 Å². The van der Waals surface area contributed by atoms with Crippen molar-refractivity contribution in [2.45, 2.75) is 329 Å². The van der Waals surface area contributed by atoms with Crippen molar-refractivity contribution >= 4 is 17.9 Å². The van der Waals surface area contributed by atoms with E-state index in [1.54, 1.807) is 0 Å². The van der Waals surface area contributed by atoms with Crippen LogP contribution in [0.3, 0.4) is 0 Å². The first kappa shape index (κ1) is 67.4. The Balaban J connectivity index is 4.39. The van der Waals surface area contributed by atoms with Crippen molar-refractivity contribution < 1.29 is 28.6 Å². The molecule has 0 heterocycles. The smallest absolute Gasteiger partial charge is 0.306 e. The third kappa shape index (κ3) is 56.3. The second-order valence-corrected chi connectivity index (χ2v) is 20.6. The number of hydrogen-bond donors (Lipinski definition) is 0. The predicted octanol–water partition coefficient (Wildman–Crippen LogP) is 20.6. The molecule has 0 aliphatic carbocycles. The molecule has 6 nitrogen and oxygen atoms in total. The zero-order valence-electron chi connectivity index (χ0n) is 46.8. The van der Waals surface area contributed by atoms with Gasteiger partial charge < -0.3 is 14.2 Å². The van der Waals surface area contributed by atoms with Gasteiger partial charge in [-0.2, -0.15) is 0 Å². The summed E-state index contributed by atoms with van der Waals surface area (Å²) in [5.41, 5.74) is 0. The fraction of sp³-hybridized carbons (Fsp3) is 0.828. The molecule has 0 aromatic carbocycles. The first-order valence-electron chi connectivity index (χ1n) is 30.6. The molecule has 6 heteroatoms. The summed E-state index contributed by atoms with van der Waals surface area (Å²) < 4.78 is 16.9. The van der Waals surface area contributed by atoms with Gasteiger partial charge in [-0.25, -0.2) is 0 Å². The van der Waals surface area contributed by atoms with Gasteiger partial charge in [0.1, 0.15) is 13.2 Å². The number of carbonyl (C=O) groups is 3. The maximum Gasteiger partial charge on any atom is 0.306 e. The average Bonchev–Trinajstić information content (AvgIpc) is 3.36. The van der Waals surface area contributed by atoms with Crippen LogP contribution in [0.15, 0.2) is 48.6 Å². The van der Waals surface area contributed by atoms with E-state index >= 15 is 0 Å². The van der Waals surface area contributed by atoms with Crippen LogP contribution in [0.4, 0.5) is 0 Å². The highest BCUT2D eigenvalue weighted by Crippen LogP contribution is 2.17. The van der Waals surface area contributed by atoms with Crippen LogP contribution in [0, 0.1) is 0 Å². The van der Waals surface area contributed by atoms with Crippen LogP contribution in [0.25, 0.3) is 0 Å². The second-order valence-electron chi connectivity index (χ2n) is 20.6. The van der Waals surface area contributed by atoms with E-state index in [2.05, 4.69) is 69.4 Å². The van der Waals surface area contributed by atoms with Gasteiger partial charge in [0.05, 0.1) is 0 Å². The molecule has 0 aromatic rings. The second kappa shape index (κ2) is 58.9. The molecule has 0 spiro atoms. The summed E-state index contributed by atoms with van der Waals surface area (Å²) in [7, 11) is 0. The van der Waals surface area contributed by atoms with Gasteiger partial charge in [-0.1, -0.05) is 288 Å². The number of ether oxygens (including phenoxy) is 3. The van der Waals surface area contributed by atoms with Crippen LogP contribution < -0.4 is 0 Å². The van der Waals surface area contributed by atoms with E-state index in [0.717, 1.165) is 83.5 Å². The van der Waals surface area contributed by atoms with Crippen LogP contribution in [-0.2, 0) is 28.6 Å². The van der Waals surface area contributed by atoms with Crippen LogP contribution in [0.2, 0.25) is 0 Å². The zero-order valence-corrected chi connectivity index (χ0v) is 46.8. The van der Waals surface area contributed by atoms with Crippen molar-refractivity contribution in [2.24, 2.45) is 0 Å². The lowest BCUT2D eigenvalue weighted by molar-refractivity contribution is -0.167. The number of unbranched alkanes of at least 4 members (excludes halogenated alkanes) is 37. The Bertz CT molecular complexity index is 1220. The minimum absolute atomic E-state index is 0.0786.